The van der Waals surface area contributed by atoms with Gasteiger partial charge >= 0.3 is 0 Å². The zero-order chi connectivity index (χ0) is 15.0. The van der Waals surface area contributed by atoms with Gasteiger partial charge in [-0.3, -0.25) is 0 Å². The molecule has 1 rings (SSSR count). The van der Waals surface area contributed by atoms with Gasteiger partial charge in [0.15, 0.2) is 9.84 Å². The van der Waals surface area contributed by atoms with Gasteiger partial charge in [0.25, 0.3) is 0 Å². The summed E-state index contributed by atoms with van der Waals surface area (Å²) in [6.07, 6.45) is 1.04. The van der Waals surface area contributed by atoms with Crippen LogP contribution in [-0.2, 0) is 16.4 Å². The molecule has 20 heavy (non-hydrogen) atoms. The smallest absolute Gasteiger partial charge is 0.153 e. The van der Waals surface area contributed by atoms with Gasteiger partial charge in [0, 0.05) is 22.9 Å². The molecule has 0 fully saturated rings. The Morgan fingerprint density at radius 2 is 2.05 bits per heavy atom. The fourth-order valence-corrected chi connectivity index (χ4v) is 2.52. The third-order valence-electron chi connectivity index (χ3n) is 2.90. The normalized spacial score (nSPS) is 11.6. The Morgan fingerprint density at radius 3 is 2.70 bits per heavy atom. The van der Waals surface area contributed by atoms with Crippen molar-refractivity contribution >= 4 is 21.4 Å². The lowest BCUT2D eigenvalue weighted by Gasteiger charge is -2.13. The van der Waals surface area contributed by atoms with Crippen molar-refractivity contribution in [3.8, 4) is 5.75 Å². The molecule has 6 heteroatoms. The highest BCUT2D eigenvalue weighted by Gasteiger charge is 2.11. The van der Waals surface area contributed by atoms with Crippen molar-refractivity contribution in [1.82, 2.24) is 5.32 Å². The molecule has 0 aliphatic heterocycles. The van der Waals surface area contributed by atoms with E-state index >= 15 is 0 Å². The van der Waals surface area contributed by atoms with E-state index in [4.69, 9.17) is 16.3 Å². The number of halogens is 1. The second kappa shape index (κ2) is 8.49. The van der Waals surface area contributed by atoms with Crippen LogP contribution >= 0.6 is 11.6 Å². The predicted molar refractivity (Wildman–Crippen MR) is 83.3 cm³/mol. The molecule has 0 aliphatic carbocycles. The third-order valence-corrected chi connectivity index (χ3v) is 4.92. The number of sulfone groups is 1. The minimum atomic E-state index is -3.01. The van der Waals surface area contributed by atoms with Gasteiger partial charge in [0.1, 0.15) is 12.4 Å². The summed E-state index contributed by atoms with van der Waals surface area (Å²) >= 11 is 6.17. The maximum Gasteiger partial charge on any atom is 0.153 e. The summed E-state index contributed by atoms with van der Waals surface area (Å²) in [5.74, 6) is 0.807. The largest absolute Gasteiger partial charge is 0.492 e. The Balaban J connectivity index is 2.67. The first-order valence-corrected chi connectivity index (χ1v) is 9.01. The molecule has 0 aliphatic rings. The van der Waals surface area contributed by atoms with Crippen LogP contribution < -0.4 is 10.1 Å². The molecular weight excluding hydrogens is 298 g/mol. The van der Waals surface area contributed by atoms with Crippen LogP contribution in [0.15, 0.2) is 18.2 Å². The molecule has 4 nitrogen and oxygen atoms in total. The maximum absolute atomic E-state index is 11.4. The van der Waals surface area contributed by atoms with E-state index in [0.29, 0.717) is 17.3 Å². The molecule has 0 spiro atoms. The molecule has 0 saturated heterocycles. The SMILES string of the molecule is CCCNCc1c(Cl)cccc1OCCS(=O)(=O)CC. The van der Waals surface area contributed by atoms with Crippen molar-refractivity contribution in [3.05, 3.63) is 28.8 Å². The molecule has 1 N–H and O–H groups in total. The highest BCUT2D eigenvalue weighted by atomic mass is 35.5. The summed E-state index contributed by atoms with van der Waals surface area (Å²) < 4.78 is 28.5. The van der Waals surface area contributed by atoms with Crippen LogP contribution in [0.2, 0.25) is 5.02 Å². The molecule has 1 aromatic carbocycles. The van der Waals surface area contributed by atoms with Gasteiger partial charge in [-0.15, -0.1) is 0 Å². The van der Waals surface area contributed by atoms with Gasteiger partial charge in [-0.1, -0.05) is 31.5 Å². The third kappa shape index (κ3) is 5.69. The first kappa shape index (κ1) is 17.3. The van der Waals surface area contributed by atoms with Crippen LogP contribution in [0.3, 0.4) is 0 Å². The minimum absolute atomic E-state index is 0.0256. The van der Waals surface area contributed by atoms with Crippen LogP contribution in [0.4, 0.5) is 0 Å². The Morgan fingerprint density at radius 1 is 1.30 bits per heavy atom. The lowest BCUT2D eigenvalue weighted by molar-refractivity contribution is 0.336. The summed E-state index contributed by atoms with van der Waals surface area (Å²) in [7, 11) is -3.01. The first-order chi connectivity index (χ1) is 9.50. The average molecular weight is 320 g/mol. The van der Waals surface area contributed by atoms with Crippen LogP contribution in [0.25, 0.3) is 0 Å². The van der Waals surface area contributed by atoms with Crippen LogP contribution in [0.5, 0.6) is 5.75 Å². The summed E-state index contributed by atoms with van der Waals surface area (Å²) in [4.78, 5) is 0. The number of ether oxygens (including phenoxy) is 1. The summed E-state index contributed by atoms with van der Waals surface area (Å²) in [5, 5.41) is 3.90. The average Bonchev–Trinajstić information content (AvgIpc) is 2.41. The molecule has 0 heterocycles. The highest BCUT2D eigenvalue weighted by molar-refractivity contribution is 7.91. The van der Waals surface area contributed by atoms with Gasteiger partial charge in [-0.2, -0.15) is 0 Å². The predicted octanol–water partition coefficient (Wildman–Crippen LogP) is 2.65. The number of hydrogen-bond donors (Lipinski definition) is 1. The molecule has 0 atom stereocenters. The van der Waals surface area contributed by atoms with Crippen molar-refractivity contribution in [2.24, 2.45) is 0 Å². The highest BCUT2D eigenvalue weighted by Crippen LogP contribution is 2.26. The minimum Gasteiger partial charge on any atom is -0.492 e. The number of rotatable bonds is 9. The van der Waals surface area contributed by atoms with Crippen LogP contribution in [-0.4, -0.2) is 33.1 Å². The topological polar surface area (TPSA) is 55.4 Å². The van der Waals surface area contributed by atoms with Crippen molar-refractivity contribution < 1.29 is 13.2 Å². The molecule has 0 saturated carbocycles. The van der Waals surface area contributed by atoms with Gasteiger partial charge < -0.3 is 10.1 Å². The first-order valence-electron chi connectivity index (χ1n) is 6.81. The van der Waals surface area contributed by atoms with Crippen molar-refractivity contribution in [2.75, 3.05) is 24.7 Å². The maximum atomic E-state index is 11.4. The number of hydrogen-bond acceptors (Lipinski definition) is 4. The van der Waals surface area contributed by atoms with E-state index in [9.17, 15) is 8.42 Å². The molecule has 1 aromatic rings. The molecule has 0 unspecified atom stereocenters. The molecule has 0 bridgehead atoms. The van der Waals surface area contributed by atoms with E-state index in [-0.39, 0.29) is 18.1 Å². The van der Waals surface area contributed by atoms with Gasteiger partial charge in [-0.05, 0) is 25.1 Å². The van der Waals surface area contributed by atoms with E-state index in [0.717, 1.165) is 18.5 Å². The lowest BCUT2D eigenvalue weighted by Crippen LogP contribution is -2.18. The second-order valence-corrected chi connectivity index (χ2v) is 7.36. The van der Waals surface area contributed by atoms with Crippen molar-refractivity contribution in [1.29, 1.82) is 0 Å². The molecule has 0 radical (unpaired) electrons. The Kier molecular flexibility index (Phi) is 7.34. The van der Waals surface area contributed by atoms with E-state index in [1.807, 2.05) is 6.07 Å². The Labute approximate surface area is 126 Å². The van der Waals surface area contributed by atoms with Crippen molar-refractivity contribution in [3.63, 3.8) is 0 Å². The second-order valence-electron chi connectivity index (χ2n) is 4.48. The Hall–Kier alpha value is -0.780. The molecule has 0 amide bonds. The standard InChI is InChI=1S/C14H22ClNO3S/c1-3-8-16-11-12-13(15)6-5-7-14(12)19-9-10-20(17,18)4-2/h5-7,16H,3-4,8-11H2,1-2H3. The monoisotopic (exact) mass is 319 g/mol. The van der Waals surface area contributed by atoms with Crippen LogP contribution in [0.1, 0.15) is 25.8 Å². The Bertz CT molecular complexity index is 517. The summed E-state index contributed by atoms with van der Waals surface area (Å²) in [5.41, 5.74) is 0.872. The summed E-state index contributed by atoms with van der Waals surface area (Å²) in [6.45, 7) is 5.39. The molecule has 0 aromatic heterocycles. The fraction of sp³-hybridized carbons (Fsp3) is 0.571. The van der Waals surface area contributed by atoms with Crippen LogP contribution in [0, 0.1) is 0 Å². The van der Waals surface area contributed by atoms with E-state index in [2.05, 4.69) is 12.2 Å². The van der Waals surface area contributed by atoms with E-state index in [1.165, 1.54) is 0 Å². The zero-order valence-electron chi connectivity index (χ0n) is 12.0. The van der Waals surface area contributed by atoms with Crippen molar-refractivity contribution in [2.45, 2.75) is 26.8 Å². The van der Waals surface area contributed by atoms with E-state index < -0.39 is 9.84 Å². The lowest BCUT2D eigenvalue weighted by atomic mass is 10.2. The zero-order valence-corrected chi connectivity index (χ0v) is 13.6. The number of benzene rings is 1. The fourth-order valence-electron chi connectivity index (χ4n) is 1.66. The van der Waals surface area contributed by atoms with E-state index in [1.54, 1.807) is 19.1 Å². The van der Waals surface area contributed by atoms with Gasteiger partial charge in [-0.25, -0.2) is 8.42 Å². The summed E-state index contributed by atoms with van der Waals surface area (Å²) in [6, 6.07) is 5.42. The molecule has 114 valence electrons. The molecular formula is C14H22ClNO3S. The number of nitrogens with one attached hydrogen (secondary N) is 1. The van der Waals surface area contributed by atoms with Gasteiger partial charge in [0.2, 0.25) is 0 Å². The van der Waals surface area contributed by atoms with Gasteiger partial charge in [0.05, 0.1) is 5.75 Å². The quantitative estimate of drug-likeness (QED) is 0.711.